The Hall–Kier alpha value is -2.37. The van der Waals surface area contributed by atoms with Crippen molar-refractivity contribution in [3.63, 3.8) is 0 Å². The number of carboxylic acid groups (broad SMARTS) is 1. The molecule has 0 spiro atoms. The lowest BCUT2D eigenvalue weighted by Crippen LogP contribution is -2.36. The lowest BCUT2D eigenvalue weighted by molar-refractivity contribution is -0.138. The molecule has 0 bridgehead atoms. The van der Waals surface area contributed by atoms with E-state index in [9.17, 15) is 14.4 Å². The van der Waals surface area contributed by atoms with Gasteiger partial charge in [-0.2, -0.15) is 0 Å². The zero-order valence-electron chi connectivity index (χ0n) is 10.2. The molecular formula is C13H14N2O4. The number of para-hydroxylation sites is 1. The van der Waals surface area contributed by atoms with Crippen molar-refractivity contribution in [1.82, 2.24) is 5.32 Å². The van der Waals surface area contributed by atoms with Crippen molar-refractivity contribution in [1.29, 1.82) is 0 Å². The molecule has 0 radical (unpaired) electrons. The molecule has 6 heteroatoms. The van der Waals surface area contributed by atoms with Gasteiger partial charge in [0.1, 0.15) is 6.54 Å². The van der Waals surface area contributed by atoms with Gasteiger partial charge in [-0.1, -0.05) is 18.2 Å². The Balaban J connectivity index is 1.99. The van der Waals surface area contributed by atoms with Crippen molar-refractivity contribution in [3.8, 4) is 0 Å². The van der Waals surface area contributed by atoms with Gasteiger partial charge in [0.25, 0.3) is 0 Å². The lowest BCUT2D eigenvalue weighted by Gasteiger charge is -2.16. The molecule has 1 aromatic rings. The number of carbonyl (C=O) groups is 3. The number of aliphatic carboxylic acids is 1. The Labute approximate surface area is 110 Å². The Bertz CT molecular complexity index is 501. The Morgan fingerprint density at radius 3 is 2.63 bits per heavy atom. The van der Waals surface area contributed by atoms with Crippen LogP contribution in [-0.4, -0.2) is 36.0 Å². The Morgan fingerprint density at radius 1 is 1.32 bits per heavy atom. The number of hydrogen-bond acceptors (Lipinski definition) is 3. The second-order valence-corrected chi connectivity index (χ2v) is 4.35. The molecule has 2 rings (SSSR count). The van der Waals surface area contributed by atoms with E-state index >= 15 is 0 Å². The van der Waals surface area contributed by atoms with E-state index in [0.29, 0.717) is 0 Å². The van der Waals surface area contributed by atoms with Crippen LogP contribution in [0, 0.1) is 5.92 Å². The number of carboxylic acids is 1. The highest BCUT2D eigenvalue weighted by Gasteiger charge is 2.34. The first-order valence-corrected chi connectivity index (χ1v) is 5.93. The number of rotatable bonds is 4. The molecule has 1 saturated heterocycles. The van der Waals surface area contributed by atoms with E-state index < -0.39 is 24.3 Å². The number of anilines is 1. The highest BCUT2D eigenvalue weighted by molar-refractivity contribution is 6.00. The molecule has 1 fully saturated rings. The summed E-state index contributed by atoms with van der Waals surface area (Å²) < 4.78 is 0. The molecule has 0 unspecified atom stereocenters. The molecule has 100 valence electrons. The zero-order valence-corrected chi connectivity index (χ0v) is 10.2. The maximum Gasteiger partial charge on any atom is 0.322 e. The minimum absolute atomic E-state index is 0.111. The molecule has 6 nitrogen and oxygen atoms in total. The van der Waals surface area contributed by atoms with Crippen LogP contribution in [0.2, 0.25) is 0 Å². The minimum Gasteiger partial charge on any atom is -0.480 e. The summed E-state index contributed by atoms with van der Waals surface area (Å²) in [5.41, 5.74) is 0.751. The highest BCUT2D eigenvalue weighted by Crippen LogP contribution is 2.24. The topological polar surface area (TPSA) is 86.7 Å². The summed E-state index contributed by atoms with van der Waals surface area (Å²) >= 11 is 0. The molecule has 2 N–H and O–H groups in total. The molecule has 1 aromatic carbocycles. The van der Waals surface area contributed by atoms with Gasteiger partial charge in [0.15, 0.2) is 0 Å². The summed E-state index contributed by atoms with van der Waals surface area (Å²) in [5.74, 6) is -2.11. The number of amides is 2. The maximum absolute atomic E-state index is 11.9. The van der Waals surface area contributed by atoms with Crippen LogP contribution in [0.15, 0.2) is 30.3 Å². The fourth-order valence-electron chi connectivity index (χ4n) is 2.05. The smallest absolute Gasteiger partial charge is 0.322 e. The van der Waals surface area contributed by atoms with Crippen molar-refractivity contribution in [2.24, 2.45) is 5.92 Å². The van der Waals surface area contributed by atoms with Gasteiger partial charge in [-0.3, -0.25) is 14.4 Å². The van der Waals surface area contributed by atoms with Crippen LogP contribution in [0.25, 0.3) is 0 Å². The molecule has 19 heavy (non-hydrogen) atoms. The molecule has 1 aliphatic rings. The lowest BCUT2D eigenvalue weighted by atomic mass is 10.1. The first-order valence-electron chi connectivity index (χ1n) is 5.93. The molecule has 1 aliphatic heterocycles. The summed E-state index contributed by atoms with van der Waals surface area (Å²) in [6.07, 6.45) is 0.111. The summed E-state index contributed by atoms with van der Waals surface area (Å²) in [5, 5.41) is 10.8. The normalized spacial score (nSPS) is 18.4. The van der Waals surface area contributed by atoms with Gasteiger partial charge in [-0.15, -0.1) is 0 Å². The third kappa shape index (κ3) is 3.09. The first-order chi connectivity index (χ1) is 9.08. The van der Waals surface area contributed by atoms with Gasteiger partial charge in [-0.25, -0.2) is 0 Å². The summed E-state index contributed by atoms with van der Waals surface area (Å²) in [6, 6.07) is 9.09. The largest absolute Gasteiger partial charge is 0.480 e. The standard InChI is InChI=1S/C13H14N2O4/c16-11-6-9(13(19)14-7-12(17)18)8-15(11)10-4-2-1-3-5-10/h1-5,9H,6-8H2,(H,14,19)(H,17,18)/t9-/m0/s1. The fraction of sp³-hybridized carbons (Fsp3) is 0.308. The van der Waals surface area contributed by atoms with E-state index in [1.165, 1.54) is 0 Å². The van der Waals surface area contributed by atoms with E-state index in [2.05, 4.69) is 5.32 Å². The highest BCUT2D eigenvalue weighted by atomic mass is 16.4. The molecular weight excluding hydrogens is 248 g/mol. The predicted molar refractivity (Wildman–Crippen MR) is 67.5 cm³/mol. The van der Waals surface area contributed by atoms with Gasteiger partial charge in [0, 0.05) is 18.7 Å². The SMILES string of the molecule is O=C(O)CNC(=O)[C@H]1CC(=O)N(c2ccccc2)C1. The Morgan fingerprint density at radius 2 is 2.00 bits per heavy atom. The number of hydrogen-bond donors (Lipinski definition) is 2. The summed E-state index contributed by atoms with van der Waals surface area (Å²) in [7, 11) is 0. The second-order valence-electron chi connectivity index (χ2n) is 4.35. The monoisotopic (exact) mass is 262 g/mol. The van der Waals surface area contributed by atoms with Crippen LogP contribution < -0.4 is 10.2 Å². The first kappa shape index (κ1) is 13.1. The fourth-order valence-corrected chi connectivity index (χ4v) is 2.05. The molecule has 1 heterocycles. The van der Waals surface area contributed by atoms with Crippen LogP contribution in [0.3, 0.4) is 0 Å². The average molecular weight is 262 g/mol. The number of carbonyl (C=O) groups excluding carboxylic acids is 2. The van der Waals surface area contributed by atoms with Crippen LogP contribution in [0.5, 0.6) is 0 Å². The van der Waals surface area contributed by atoms with E-state index in [0.717, 1.165) is 5.69 Å². The van der Waals surface area contributed by atoms with Crippen molar-refractivity contribution < 1.29 is 19.5 Å². The van der Waals surface area contributed by atoms with Crippen molar-refractivity contribution in [2.45, 2.75) is 6.42 Å². The van der Waals surface area contributed by atoms with Crippen LogP contribution in [0.4, 0.5) is 5.69 Å². The molecule has 0 saturated carbocycles. The van der Waals surface area contributed by atoms with E-state index in [4.69, 9.17) is 5.11 Å². The third-order valence-corrected chi connectivity index (χ3v) is 2.98. The van der Waals surface area contributed by atoms with Crippen LogP contribution in [0.1, 0.15) is 6.42 Å². The van der Waals surface area contributed by atoms with Crippen LogP contribution in [-0.2, 0) is 14.4 Å². The van der Waals surface area contributed by atoms with Gasteiger partial charge in [-0.05, 0) is 12.1 Å². The van der Waals surface area contributed by atoms with Crippen LogP contribution >= 0.6 is 0 Å². The van der Waals surface area contributed by atoms with Gasteiger partial charge >= 0.3 is 5.97 Å². The van der Waals surface area contributed by atoms with E-state index in [-0.39, 0.29) is 18.9 Å². The quantitative estimate of drug-likeness (QED) is 0.813. The predicted octanol–water partition coefficient (Wildman–Crippen LogP) is 0.240. The van der Waals surface area contributed by atoms with Crippen molar-refractivity contribution in [3.05, 3.63) is 30.3 Å². The number of benzene rings is 1. The van der Waals surface area contributed by atoms with Gasteiger partial charge < -0.3 is 15.3 Å². The third-order valence-electron chi connectivity index (χ3n) is 2.98. The molecule has 1 atom stereocenters. The van der Waals surface area contributed by atoms with Crippen molar-refractivity contribution >= 4 is 23.5 Å². The summed E-state index contributed by atoms with van der Waals surface area (Å²) in [4.78, 5) is 35.5. The summed E-state index contributed by atoms with van der Waals surface area (Å²) in [6.45, 7) is -0.136. The molecule has 0 aromatic heterocycles. The van der Waals surface area contributed by atoms with Gasteiger partial charge in [0.05, 0.1) is 5.92 Å². The average Bonchev–Trinajstić information content (AvgIpc) is 2.79. The van der Waals surface area contributed by atoms with E-state index in [1.54, 1.807) is 17.0 Å². The molecule has 2 amide bonds. The van der Waals surface area contributed by atoms with Crippen molar-refractivity contribution in [2.75, 3.05) is 18.0 Å². The number of nitrogens with one attached hydrogen (secondary N) is 1. The second kappa shape index (κ2) is 5.51. The molecule has 0 aliphatic carbocycles. The zero-order chi connectivity index (χ0) is 13.8. The Kier molecular flexibility index (Phi) is 3.79. The number of nitrogens with zero attached hydrogens (tertiary/aromatic N) is 1. The van der Waals surface area contributed by atoms with E-state index in [1.807, 2.05) is 18.2 Å². The van der Waals surface area contributed by atoms with Gasteiger partial charge in [0.2, 0.25) is 11.8 Å². The maximum atomic E-state index is 11.9. The minimum atomic E-state index is -1.10.